The van der Waals surface area contributed by atoms with E-state index in [-0.39, 0.29) is 11.9 Å². The van der Waals surface area contributed by atoms with Crippen LogP contribution in [0.4, 0.5) is 0 Å². The fourth-order valence-electron chi connectivity index (χ4n) is 2.59. The molecule has 0 heterocycles. The summed E-state index contributed by atoms with van der Waals surface area (Å²) in [6.45, 7) is 0.846. The van der Waals surface area contributed by atoms with E-state index in [1.807, 2.05) is 0 Å². The predicted molar refractivity (Wildman–Crippen MR) is 60.3 cm³/mol. The van der Waals surface area contributed by atoms with Gasteiger partial charge in [0.1, 0.15) is 0 Å². The standard InChI is InChI=1S/C12H22N2O/c13-11(10-6-1-2-7-10)12(15)14-8-9-4-3-5-9/h9-11H,1-8,13H2,(H,14,15). The highest BCUT2D eigenvalue weighted by molar-refractivity contribution is 5.81. The first kappa shape index (κ1) is 10.9. The summed E-state index contributed by atoms with van der Waals surface area (Å²) in [4.78, 5) is 11.7. The van der Waals surface area contributed by atoms with Crippen LogP contribution in [0.2, 0.25) is 0 Å². The Bertz CT molecular complexity index is 220. The fraction of sp³-hybridized carbons (Fsp3) is 0.917. The second-order valence-corrected chi connectivity index (χ2v) is 5.11. The third kappa shape index (κ3) is 2.71. The van der Waals surface area contributed by atoms with Crippen LogP contribution in [0.5, 0.6) is 0 Å². The van der Waals surface area contributed by atoms with E-state index in [1.165, 1.54) is 32.1 Å². The average molecular weight is 210 g/mol. The second-order valence-electron chi connectivity index (χ2n) is 5.11. The minimum absolute atomic E-state index is 0.0776. The molecule has 2 saturated carbocycles. The Labute approximate surface area is 91.8 Å². The van der Waals surface area contributed by atoms with Crippen LogP contribution in [-0.2, 0) is 4.79 Å². The summed E-state index contributed by atoms with van der Waals surface area (Å²) in [6, 6.07) is -0.257. The van der Waals surface area contributed by atoms with Crippen molar-refractivity contribution in [2.45, 2.75) is 51.0 Å². The summed E-state index contributed by atoms with van der Waals surface area (Å²) < 4.78 is 0. The molecule has 1 unspecified atom stereocenters. The molecule has 3 N–H and O–H groups in total. The number of nitrogens with one attached hydrogen (secondary N) is 1. The highest BCUT2D eigenvalue weighted by Crippen LogP contribution is 2.27. The molecule has 2 aliphatic rings. The molecule has 3 nitrogen and oxygen atoms in total. The Morgan fingerprint density at radius 3 is 2.40 bits per heavy atom. The largest absolute Gasteiger partial charge is 0.354 e. The van der Waals surface area contributed by atoms with Crippen molar-refractivity contribution in [3.63, 3.8) is 0 Å². The van der Waals surface area contributed by atoms with Gasteiger partial charge < -0.3 is 11.1 Å². The Kier molecular flexibility index (Phi) is 3.62. The van der Waals surface area contributed by atoms with Gasteiger partial charge in [-0.3, -0.25) is 4.79 Å². The molecule has 0 aromatic carbocycles. The Hall–Kier alpha value is -0.570. The van der Waals surface area contributed by atoms with Crippen LogP contribution < -0.4 is 11.1 Å². The zero-order chi connectivity index (χ0) is 10.7. The van der Waals surface area contributed by atoms with E-state index in [1.54, 1.807) is 0 Å². The molecular weight excluding hydrogens is 188 g/mol. The van der Waals surface area contributed by atoms with Gasteiger partial charge in [0.05, 0.1) is 6.04 Å². The zero-order valence-electron chi connectivity index (χ0n) is 9.37. The Balaban J connectivity index is 1.68. The van der Waals surface area contributed by atoms with Crippen LogP contribution in [0.25, 0.3) is 0 Å². The molecule has 3 heteroatoms. The van der Waals surface area contributed by atoms with Crippen LogP contribution in [-0.4, -0.2) is 18.5 Å². The highest BCUT2D eigenvalue weighted by Gasteiger charge is 2.28. The molecule has 2 fully saturated rings. The molecule has 15 heavy (non-hydrogen) atoms. The summed E-state index contributed by atoms with van der Waals surface area (Å²) in [5.41, 5.74) is 5.96. The minimum Gasteiger partial charge on any atom is -0.354 e. The number of carbonyl (C=O) groups is 1. The van der Waals surface area contributed by atoms with Gasteiger partial charge in [0, 0.05) is 6.54 Å². The van der Waals surface area contributed by atoms with Crippen LogP contribution in [0.1, 0.15) is 44.9 Å². The number of carbonyl (C=O) groups excluding carboxylic acids is 1. The quantitative estimate of drug-likeness (QED) is 0.737. The fourth-order valence-corrected chi connectivity index (χ4v) is 2.59. The molecule has 2 rings (SSSR count). The van der Waals surface area contributed by atoms with Gasteiger partial charge in [-0.05, 0) is 37.5 Å². The van der Waals surface area contributed by atoms with E-state index >= 15 is 0 Å². The van der Waals surface area contributed by atoms with E-state index in [0.717, 1.165) is 25.3 Å². The maximum Gasteiger partial charge on any atom is 0.237 e. The van der Waals surface area contributed by atoms with Crippen molar-refractivity contribution in [2.75, 3.05) is 6.54 Å². The zero-order valence-corrected chi connectivity index (χ0v) is 9.37. The first-order valence-corrected chi connectivity index (χ1v) is 6.30. The molecule has 86 valence electrons. The summed E-state index contributed by atoms with van der Waals surface area (Å²) >= 11 is 0. The molecular formula is C12H22N2O. The third-order valence-corrected chi connectivity index (χ3v) is 4.00. The van der Waals surface area contributed by atoms with Gasteiger partial charge in [-0.2, -0.15) is 0 Å². The van der Waals surface area contributed by atoms with Gasteiger partial charge in [-0.25, -0.2) is 0 Å². The first-order valence-electron chi connectivity index (χ1n) is 6.30. The lowest BCUT2D eigenvalue weighted by Gasteiger charge is -2.26. The Morgan fingerprint density at radius 2 is 1.87 bits per heavy atom. The lowest BCUT2D eigenvalue weighted by Crippen LogP contribution is -2.46. The molecule has 0 aromatic heterocycles. The van der Waals surface area contributed by atoms with Crippen molar-refractivity contribution in [1.82, 2.24) is 5.32 Å². The molecule has 0 aromatic rings. The van der Waals surface area contributed by atoms with Crippen molar-refractivity contribution < 1.29 is 4.79 Å². The normalized spacial score (nSPS) is 24.9. The van der Waals surface area contributed by atoms with Gasteiger partial charge in [-0.1, -0.05) is 19.3 Å². The number of hydrogen-bond acceptors (Lipinski definition) is 2. The highest BCUT2D eigenvalue weighted by atomic mass is 16.2. The molecule has 1 atom stereocenters. The van der Waals surface area contributed by atoms with Gasteiger partial charge in [0.15, 0.2) is 0 Å². The van der Waals surface area contributed by atoms with Crippen molar-refractivity contribution in [3.8, 4) is 0 Å². The summed E-state index contributed by atoms with van der Waals surface area (Å²) in [7, 11) is 0. The van der Waals surface area contributed by atoms with Crippen molar-refractivity contribution in [2.24, 2.45) is 17.6 Å². The van der Waals surface area contributed by atoms with Crippen LogP contribution in [0.3, 0.4) is 0 Å². The van der Waals surface area contributed by atoms with Gasteiger partial charge in [0.2, 0.25) is 5.91 Å². The maximum atomic E-state index is 11.7. The van der Waals surface area contributed by atoms with E-state index in [4.69, 9.17) is 5.73 Å². The van der Waals surface area contributed by atoms with Crippen LogP contribution in [0, 0.1) is 11.8 Å². The molecule has 0 saturated heterocycles. The number of nitrogens with two attached hydrogens (primary N) is 1. The van der Waals surface area contributed by atoms with E-state index in [2.05, 4.69) is 5.32 Å². The van der Waals surface area contributed by atoms with E-state index < -0.39 is 0 Å². The minimum atomic E-state index is -0.257. The van der Waals surface area contributed by atoms with Gasteiger partial charge in [0.25, 0.3) is 0 Å². The molecule has 0 aliphatic heterocycles. The lowest BCUT2D eigenvalue weighted by atomic mass is 9.85. The summed E-state index contributed by atoms with van der Waals surface area (Å²) in [5.74, 6) is 1.24. The van der Waals surface area contributed by atoms with E-state index in [9.17, 15) is 4.79 Å². The number of hydrogen-bond donors (Lipinski definition) is 2. The molecule has 1 amide bonds. The maximum absolute atomic E-state index is 11.7. The van der Waals surface area contributed by atoms with Crippen molar-refractivity contribution >= 4 is 5.91 Å². The van der Waals surface area contributed by atoms with Gasteiger partial charge in [-0.15, -0.1) is 0 Å². The molecule has 2 aliphatic carbocycles. The van der Waals surface area contributed by atoms with Crippen molar-refractivity contribution in [1.29, 1.82) is 0 Å². The molecule has 0 radical (unpaired) electrons. The predicted octanol–water partition coefficient (Wildman–Crippen LogP) is 1.42. The van der Waals surface area contributed by atoms with Crippen molar-refractivity contribution in [3.05, 3.63) is 0 Å². The number of rotatable bonds is 4. The Morgan fingerprint density at radius 1 is 1.20 bits per heavy atom. The number of amides is 1. The van der Waals surface area contributed by atoms with E-state index in [0.29, 0.717) is 5.92 Å². The van der Waals surface area contributed by atoms with Crippen LogP contribution >= 0.6 is 0 Å². The lowest BCUT2D eigenvalue weighted by molar-refractivity contribution is -0.123. The smallest absolute Gasteiger partial charge is 0.237 e. The topological polar surface area (TPSA) is 55.1 Å². The summed E-state index contributed by atoms with van der Waals surface area (Å²) in [6.07, 6.45) is 8.64. The first-order chi connectivity index (χ1) is 7.27. The average Bonchev–Trinajstić information content (AvgIpc) is 2.66. The molecule has 0 bridgehead atoms. The SMILES string of the molecule is NC(C(=O)NCC1CCC1)C1CCCC1. The molecule has 0 spiro atoms. The van der Waals surface area contributed by atoms with Crippen LogP contribution in [0.15, 0.2) is 0 Å². The van der Waals surface area contributed by atoms with Gasteiger partial charge >= 0.3 is 0 Å². The second kappa shape index (κ2) is 4.97. The summed E-state index contributed by atoms with van der Waals surface area (Å²) in [5, 5.41) is 3.00. The third-order valence-electron chi connectivity index (χ3n) is 4.00. The monoisotopic (exact) mass is 210 g/mol.